The number of fused-ring (bicyclic) bond motifs is 2. The lowest BCUT2D eigenvalue weighted by molar-refractivity contribution is -0.441. The molecule has 302 valence electrons. The molecule has 56 heavy (non-hydrogen) atoms. The molecule has 0 bridgehead atoms. The van der Waals surface area contributed by atoms with Gasteiger partial charge >= 0.3 is 0 Å². The van der Waals surface area contributed by atoms with Crippen LogP contribution < -0.4 is 4.90 Å². The van der Waals surface area contributed by atoms with E-state index >= 15 is 0 Å². The van der Waals surface area contributed by atoms with Crippen LogP contribution >= 0.6 is 0 Å². The average molecular weight is 828 g/mol. The molecule has 0 spiro atoms. The molecular weight excluding hydrogens is 777 g/mol. The summed E-state index contributed by atoms with van der Waals surface area (Å²) in [5.74, 6) is -0.833. The van der Waals surface area contributed by atoms with Crippen LogP contribution in [0.4, 0.5) is 11.4 Å². The zero-order valence-electron chi connectivity index (χ0n) is 32.2. The Morgan fingerprint density at radius 1 is 0.696 bits per heavy atom. The van der Waals surface area contributed by atoms with E-state index in [-0.39, 0.29) is 36.5 Å². The second-order valence-corrected chi connectivity index (χ2v) is 18.5. The van der Waals surface area contributed by atoms with Gasteiger partial charge in [0, 0.05) is 60.3 Å². The standard InChI is InChI=1S/C41H50N2O10S3/c1-30(42(26-9-5-6-15-31(2)44)39-25-23-38-37(33(39)4)20-11-21-41(38)56(51,52)53)14-10-17-35(18-12-28-54(45,46)47)43(27-13-29-55(48,49)50)40-24-22-34-16-7-8-19-36(34)32(40)3/h7-8,10-11,14,16-17,19-25H,5-6,9,12-13,15,18,26-29H2,1-4H3,(H2-,45,46,47,48,49,50,51,52,53)/p+1. The van der Waals surface area contributed by atoms with Crippen LogP contribution in [0.3, 0.4) is 0 Å². The van der Waals surface area contributed by atoms with Crippen molar-refractivity contribution in [3.8, 4) is 0 Å². The highest BCUT2D eigenvalue weighted by atomic mass is 32.2. The lowest BCUT2D eigenvalue weighted by Gasteiger charge is -2.28. The molecule has 0 unspecified atom stereocenters. The van der Waals surface area contributed by atoms with Crippen molar-refractivity contribution in [3.05, 3.63) is 102 Å². The Hall–Kier alpha value is -4.25. The third-order valence-corrected chi connectivity index (χ3v) is 12.2. The van der Waals surface area contributed by atoms with Gasteiger partial charge in [-0.2, -0.15) is 29.8 Å². The number of allylic oxidation sites excluding steroid dienone is 4. The maximum atomic E-state index is 12.2. The van der Waals surface area contributed by atoms with Gasteiger partial charge in [-0.05, 0) is 93.0 Å². The van der Waals surface area contributed by atoms with E-state index in [2.05, 4.69) is 4.90 Å². The third-order valence-electron chi connectivity index (χ3n) is 9.72. The van der Waals surface area contributed by atoms with E-state index in [0.29, 0.717) is 29.4 Å². The van der Waals surface area contributed by atoms with E-state index in [1.165, 1.54) is 6.07 Å². The Balaban J connectivity index is 1.84. The van der Waals surface area contributed by atoms with Crippen molar-refractivity contribution in [2.75, 3.05) is 29.5 Å². The molecule has 4 aromatic rings. The lowest BCUT2D eigenvalue weighted by Crippen LogP contribution is -2.23. The van der Waals surface area contributed by atoms with Crippen molar-refractivity contribution < 1.29 is 48.3 Å². The van der Waals surface area contributed by atoms with Crippen molar-refractivity contribution in [2.45, 2.75) is 77.5 Å². The SMILES string of the molecule is CC(=O)CCCCCN(/C(C)=C/C=C/C(CCCS(=O)(=O)O)=[N+](CCCS(=O)(=O)O)c1ccc2ccccc2c1C)c1ccc2c(S(=O)(=O)O)cccc2c1C. The van der Waals surface area contributed by atoms with Gasteiger partial charge in [0.2, 0.25) is 5.69 Å². The summed E-state index contributed by atoms with van der Waals surface area (Å²) in [4.78, 5) is 13.5. The maximum absolute atomic E-state index is 12.2. The first-order valence-corrected chi connectivity index (χ1v) is 23.1. The molecule has 0 fully saturated rings. The first kappa shape index (κ1) is 44.5. The number of ketones is 1. The number of hydrogen-bond acceptors (Lipinski definition) is 8. The van der Waals surface area contributed by atoms with Crippen molar-refractivity contribution in [1.29, 1.82) is 0 Å². The van der Waals surface area contributed by atoms with Gasteiger partial charge in [-0.15, -0.1) is 0 Å². The normalized spacial score (nSPS) is 13.4. The van der Waals surface area contributed by atoms with Gasteiger partial charge in [0.15, 0.2) is 5.71 Å². The monoisotopic (exact) mass is 827 g/mol. The van der Waals surface area contributed by atoms with Crippen LogP contribution in [0, 0.1) is 13.8 Å². The van der Waals surface area contributed by atoms with E-state index < -0.39 is 41.9 Å². The summed E-state index contributed by atoms with van der Waals surface area (Å²) in [6, 6.07) is 19.9. The molecule has 4 rings (SSSR count). The van der Waals surface area contributed by atoms with Crippen LogP contribution in [-0.2, 0) is 35.1 Å². The molecule has 0 heterocycles. The van der Waals surface area contributed by atoms with Crippen molar-refractivity contribution in [2.24, 2.45) is 0 Å². The van der Waals surface area contributed by atoms with E-state index in [4.69, 9.17) is 0 Å². The first-order valence-electron chi connectivity index (χ1n) is 18.4. The Labute approximate surface area is 330 Å². The lowest BCUT2D eigenvalue weighted by atomic mass is 10.0. The van der Waals surface area contributed by atoms with Crippen LogP contribution in [0.25, 0.3) is 21.5 Å². The minimum absolute atomic E-state index is 0.0769. The first-order chi connectivity index (χ1) is 26.3. The Morgan fingerprint density at radius 2 is 1.38 bits per heavy atom. The van der Waals surface area contributed by atoms with Crippen LogP contribution in [0.15, 0.2) is 95.6 Å². The van der Waals surface area contributed by atoms with E-state index in [9.17, 15) is 43.7 Å². The fourth-order valence-corrected chi connectivity index (χ4v) is 8.67. The number of unbranched alkanes of at least 4 members (excludes halogenated alkanes) is 2. The topological polar surface area (TPSA) is 186 Å². The number of aryl methyl sites for hydroxylation is 2. The molecule has 3 N–H and O–H groups in total. The molecular formula is C41H51N2O10S3+. The predicted molar refractivity (Wildman–Crippen MR) is 223 cm³/mol. The van der Waals surface area contributed by atoms with Crippen LogP contribution in [0.5, 0.6) is 0 Å². The maximum Gasteiger partial charge on any atom is 0.295 e. The Kier molecular flexibility index (Phi) is 15.3. The van der Waals surface area contributed by atoms with Gasteiger partial charge in [-0.3, -0.25) is 13.7 Å². The smallest absolute Gasteiger partial charge is 0.295 e. The van der Waals surface area contributed by atoms with Crippen LogP contribution in [-0.4, -0.2) is 79.6 Å². The molecule has 4 aromatic carbocycles. The number of benzene rings is 4. The van der Waals surface area contributed by atoms with Crippen LogP contribution in [0.1, 0.15) is 69.9 Å². The van der Waals surface area contributed by atoms with Gasteiger partial charge in [-0.1, -0.05) is 55.0 Å². The molecule has 0 aliphatic rings. The minimum atomic E-state index is -4.47. The molecule has 0 aromatic heterocycles. The van der Waals surface area contributed by atoms with Crippen molar-refractivity contribution in [3.63, 3.8) is 0 Å². The molecule has 0 radical (unpaired) electrons. The predicted octanol–water partition coefficient (Wildman–Crippen LogP) is 8.00. The summed E-state index contributed by atoms with van der Waals surface area (Å²) < 4.78 is 102. The summed E-state index contributed by atoms with van der Waals surface area (Å²) in [6.45, 7) is 8.08. The fourth-order valence-electron chi connectivity index (χ4n) is 6.96. The van der Waals surface area contributed by atoms with Gasteiger partial charge in [0.05, 0.1) is 11.5 Å². The second kappa shape index (κ2) is 19.3. The summed E-state index contributed by atoms with van der Waals surface area (Å²) >= 11 is 0. The highest BCUT2D eigenvalue weighted by Gasteiger charge is 2.22. The molecule has 12 nitrogen and oxygen atoms in total. The van der Waals surface area contributed by atoms with Crippen molar-refractivity contribution in [1.82, 2.24) is 0 Å². The summed E-state index contributed by atoms with van der Waals surface area (Å²) in [5.41, 5.74) is 4.77. The summed E-state index contributed by atoms with van der Waals surface area (Å²) in [5, 5.41) is 3.04. The van der Waals surface area contributed by atoms with Gasteiger partial charge in [0.1, 0.15) is 17.2 Å². The zero-order chi connectivity index (χ0) is 41.3. The quantitative estimate of drug-likeness (QED) is 0.0258. The second-order valence-electron chi connectivity index (χ2n) is 14.0. The van der Waals surface area contributed by atoms with Crippen molar-refractivity contribution >= 4 is 74.8 Å². The number of hydrogen-bond donors (Lipinski definition) is 3. The summed E-state index contributed by atoms with van der Waals surface area (Å²) in [7, 11) is -13.0. The average Bonchev–Trinajstić information content (AvgIpc) is 3.10. The van der Waals surface area contributed by atoms with E-state index in [1.807, 2.05) is 86.0 Å². The number of Topliss-reactive ketones (excluding diaryl/α,β-unsaturated/α-hetero) is 1. The van der Waals surface area contributed by atoms with E-state index in [1.54, 1.807) is 25.1 Å². The molecule has 0 saturated heterocycles. The molecule has 15 heteroatoms. The zero-order valence-corrected chi connectivity index (χ0v) is 34.6. The van der Waals surface area contributed by atoms with E-state index in [0.717, 1.165) is 58.2 Å². The largest absolute Gasteiger partial charge is 0.345 e. The molecule has 0 amide bonds. The number of nitrogens with zero attached hydrogens (tertiary/aromatic N) is 2. The highest BCUT2D eigenvalue weighted by molar-refractivity contribution is 7.86. The molecule has 0 atom stereocenters. The highest BCUT2D eigenvalue weighted by Crippen LogP contribution is 2.34. The fraction of sp³-hybridized carbons (Fsp3) is 0.366. The van der Waals surface area contributed by atoms with Gasteiger partial charge < -0.3 is 9.69 Å². The summed E-state index contributed by atoms with van der Waals surface area (Å²) in [6.07, 6.45) is 8.68. The third kappa shape index (κ3) is 12.6. The number of rotatable bonds is 20. The Bertz CT molecular complexity index is 2510. The molecule has 0 aliphatic heterocycles. The molecule has 0 aliphatic carbocycles. The Morgan fingerprint density at radius 3 is 2.05 bits per heavy atom. The molecule has 0 saturated carbocycles. The van der Waals surface area contributed by atoms with Gasteiger partial charge in [0.25, 0.3) is 30.4 Å². The number of carbonyl (C=O) groups excluding carboxylic acids is 1. The number of anilines is 1. The van der Waals surface area contributed by atoms with Crippen LogP contribution in [0.2, 0.25) is 0 Å². The van der Waals surface area contributed by atoms with Gasteiger partial charge in [-0.25, -0.2) is 0 Å². The minimum Gasteiger partial charge on any atom is -0.345 e. The number of carbonyl (C=O) groups is 1.